The maximum absolute atomic E-state index is 13.6. The van der Waals surface area contributed by atoms with Gasteiger partial charge in [0.15, 0.2) is 17.5 Å². The molecule has 0 atom stereocenters. The molecule has 0 unspecified atom stereocenters. The van der Waals surface area contributed by atoms with Crippen molar-refractivity contribution in [1.29, 1.82) is 0 Å². The third-order valence-corrected chi connectivity index (χ3v) is 5.28. The first-order valence-corrected chi connectivity index (χ1v) is 7.79. The lowest BCUT2D eigenvalue weighted by molar-refractivity contribution is 0.151. The quantitative estimate of drug-likeness (QED) is 0.815. The summed E-state index contributed by atoms with van der Waals surface area (Å²) in [5.74, 6) is -4.93. The Morgan fingerprint density at radius 3 is 2.24 bits per heavy atom. The number of rotatable bonds is 4. The molecule has 0 bridgehead atoms. The first-order valence-electron chi connectivity index (χ1n) is 6.35. The Morgan fingerprint density at radius 2 is 1.67 bits per heavy atom. The zero-order valence-corrected chi connectivity index (χ0v) is 11.9. The van der Waals surface area contributed by atoms with Gasteiger partial charge in [-0.25, -0.2) is 21.6 Å². The van der Waals surface area contributed by atoms with E-state index in [1.165, 1.54) is 0 Å². The highest BCUT2D eigenvalue weighted by Gasteiger charge is 2.32. The molecule has 21 heavy (non-hydrogen) atoms. The second-order valence-corrected chi connectivity index (χ2v) is 6.55. The minimum absolute atomic E-state index is 0.0372. The second kappa shape index (κ2) is 6.30. The van der Waals surface area contributed by atoms with Crippen LogP contribution in [-0.2, 0) is 10.0 Å². The Kier molecular flexibility index (Phi) is 4.87. The van der Waals surface area contributed by atoms with Crippen molar-refractivity contribution in [2.24, 2.45) is 0 Å². The lowest BCUT2D eigenvalue weighted by atomic mass is 10.3. The summed E-state index contributed by atoms with van der Waals surface area (Å²) in [4.78, 5) is 0.991. The molecule has 1 aliphatic rings. The summed E-state index contributed by atoms with van der Waals surface area (Å²) in [5.41, 5.74) is 0. The lowest BCUT2D eigenvalue weighted by Gasteiger charge is -2.33. The number of aliphatic hydroxyl groups is 1. The number of hydrogen-bond acceptors (Lipinski definition) is 4. The molecule has 0 saturated carbocycles. The third-order valence-electron chi connectivity index (χ3n) is 3.37. The predicted molar refractivity (Wildman–Crippen MR) is 68.6 cm³/mol. The topological polar surface area (TPSA) is 60.9 Å². The number of halogens is 3. The van der Waals surface area contributed by atoms with E-state index >= 15 is 0 Å². The Hall–Kier alpha value is -1.16. The van der Waals surface area contributed by atoms with Crippen molar-refractivity contribution in [3.05, 3.63) is 29.6 Å². The first-order chi connectivity index (χ1) is 9.87. The van der Waals surface area contributed by atoms with Crippen molar-refractivity contribution >= 4 is 10.0 Å². The molecule has 1 aromatic rings. The fourth-order valence-electron chi connectivity index (χ4n) is 2.18. The van der Waals surface area contributed by atoms with Gasteiger partial charge in [0, 0.05) is 32.7 Å². The molecule has 1 N–H and O–H groups in total. The zero-order valence-electron chi connectivity index (χ0n) is 11.1. The van der Waals surface area contributed by atoms with Crippen molar-refractivity contribution in [3.63, 3.8) is 0 Å². The molecular weight excluding hydrogens is 309 g/mol. The molecule has 2 rings (SSSR count). The number of benzene rings is 1. The third kappa shape index (κ3) is 3.20. The summed E-state index contributed by atoms with van der Waals surface area (Å²) in [7, 11) is -4.21. The Balaban J connectivity index is 2.22. The van der Waals surface area contributed by atoms with Gasteiger partial charge < -0.3 is 5.11 Å². The van der Waals surface area contributed by atoms with E-state index in [1.807, 2.05) is 4.90 Å². The summed E-state index contributed by atoms with van der Waals surface area (Å²) in [6.07, 6.45) is 0. The maximum atomic E-state index is 13.6. The van der Waals surface area contributed by atoms with E-state index < -0.39 is 32.4 Å². The molecule has 1 aromatic carbocycles. The highest BCUT2D eigenvalue weighted by Crippen LogP contribution is 2.23. The predicted octanol–water partition coefficient (Wildman–Crippen LogP) is 0.403. The number of aliphatic hydroxyl groups excluding tert-OH is 1. The highest BCUT2D eigenvalue weighted by molar-refractivity contribution is 7.89. The molecule has 9 heteroatoms. The minimum Gasteiger partial charge on any atom is -0.395 e. The summed E-state index contributed by atoms with van der Waals surface area (Å²) in [6.45, 7) is 1.34. The SMILES string of the molecule is O=S(=O)(c1ccc(F)c(F)c1F)N1CCN(CCO)CC1. The van der Waals surface area contributed by atoms with Gasteiger partial charge in [0.05, 0.1) is 6.61 Å². The average molecular weight is 324 g/mol. The molecule has 5 nitrogen and oxygen atoms in total. The van der Waals surface area contributed by atoms with Crippen molar-refractivity contribution in [1.82, 2.24) is 9.21 Å². The molecule has 1 saturated heterocycles. The second-order valence-electron chi connectivity index (χ2n) is 4.64. The highest BCUT2D eigenvalue weighted by atomic mass is 32.2. The van der Waals surface area contributed by atoms with Gasteiger partial charge in [-0.3, -0.25) is 4.90 Å². The number of nitrogens with zero attached hydrogens (tertiary/aromatic N) is 2. The Labute approximate surface area is 120 Å². The van der Waals surface area contributed by atoms with Gasteiger partial charge in [0.2, 0.25) is 10.0 Å². The van der Waals surface area contributed by atoms with Crippen LogP contribution < -0.4 is 0 Å². The van der Waals surface area contributed by atoms with E-state index in [0.717, 1.165) is 10.4 Å². The molecule has 0 aliphatic carbocycles. The Bertz CT molecular complexity index is 616. The Morgan fingerprint density at radius 1 is 1.05 bits per heavy atom. The summed E-state index contributed by atoms with van der Waals surface area (Å²) < 4.78 is 65.3. The molecule has 1 aliphatic heterocycles. The van der Waals surface area contributed by atoms with E-state index in [4.69, 9.17) is 5.11 Å². The monoisotopic (exact) mass is 324 g/mol. The van der Waals surface area contributed by atoms with Crippen LogP contribution in [-0.4, -0.2) is 62.1 Å². The first kappa shape index (κ1) is 16.2. The molecule has 0 spiro atoms. The van der Waals surface area contributed by atoms with Gasteiger partial charge in [0.1, 0.15) is 4.90 Å². The molecular formula is C12H15F3N2O3S. The van der Waals surface area contributed by atoms with E-state index in [9.17, 15) is 21.6 Å². The average Bonchev–Trinajstić information content (AvgIpc) is 2.45. The van der Waals surface area contributed by atoms with Crippen LogP contribution in [0.15, 0.2) is 17.0 Å². The maximum Gasteiger partial charge on any atom is 0.246 e. The van der Waals surface area contributed by atoms with Crippen LogP contribution in [0.3, 0.4) is 0 Å². The van der Waals surface area contributed by atoms with Gasteiger partial charge in [0.25, 0.3) is 0 Å². The number of β-amino-alcohol motifs (C(OH)–C–C–N with tert-alkyl or cyclic N) is 1. The summed E-state index contributed by atoms with van der Waals surface area (Å²) in [5, 5.41) is 8.81. The summed E-state index contributed by atoms with van der Waals surface area (Å²) >= 11 is 0. The van der Waals surface area contributed by atoms with Crippen LogP contribution in [0.25, 0.3) is 0 Å². The summed E-state index contributed by atoms with van der Waals surface area (Å²) in [6, 6.07) is 1.32. The van der Waals surface area contributed by atoms with Crippen LogP contribution in [0, 0.1) is 17.5 Å². The fourth-order valence-corrected chi connectivity index (χ4v) is 3.66. The minimum atomic E-state index is -4.21. The number of hydrogen-bond donors (Lipinski definition) is 1. The fraction of sp³-hybridized carbons (Fsp3) is 0.500. The van der Waals surface area contributed by atoms with E-state index in [2.05, 4.69) is 0 Å². The van der Waals surface area contributed by atoms with Gasteiger partial charge >= 0.3 is 0 Å². The lowest BCUT2D eigenvalue weighted by Crippen LogP contribution is -2.49. The molecule has 0 radical (unpaired) electrons. The van der Waals surface area contributed by atoms with Gasteiger partial charge in [-0.1, -0.05) is 0 Å². The van der Waals surface area contributed by atoms with Gasteiger partial charge in [-0.2, -0.15) is 4.31 Å². The van der Waals surface area contributed by atoms with Crippen molar-refractivity contribution < 1.29 is 26.7 Å². The smallest absolute Gasteiger partial charge is 0.246 e. The number of piperazine rings is 1. The van der Waals surface area contributed by atoms with Crippen LogP contribution in [0.5, 0.6) is 0 Å². The standard InChI is InChI=1S/C12H15F3N2O3S/c13-9-1-2-10(12(15)11(9)14)21(19,20)17-5-3-16(4-6-17)7-8-18/h1-2,18H,3-8H2. The molecule has 1 fully saturated rings. The van der Waals surface area contributed by atoms with Crippen molar-refractivity contribution in [2.45, 2.75) is 4.90 Å². The van der Waals surface area contributed by atoms with Crippen LogP contribution in [0.4, 0.5) is 13.2 Å². The van der Waals surface area contributed by atoms with Crippen molar-refractivity contribution in [2.75, 3.05) is 39.3 Å². The molecule has 1 heterocycles. The van der Waals surface area contributed by atoms with Crippen LogP contribution in [0.1, 0.15) is 0 Å². The van der Waals surface area contributed by atoms with E-state index in [0.29, 0.717) is 25.7 Å². The molecule has 118 valence electrons. The van der Waals surface area contributed by atoms with E-state index in [-0.39, 0.29) is 19.7 Å². The van der Waals surface area contributed by atoms with Crippen LogP contribution in [0.2, 0.25) is 0 Å². The molecule has 0 amide bonds. The van der Waals surface area contributed by atoms with Crippen molar-refractivity contribution in [3.8, 4) is 0 Å². The number of sulfonamides is 1. The van der Waals surface area contributed by atoms with Gasteiger partial charge in [-0.05, 0) is 12.1 Å². The normalized spacial score (nSPS) is 18.1. The van der Waals surface area contributed by atoms with Gasteiger partial charge in [-0.15, -0.1) is 0 Å². The van der Waals surface area contributed by atoms with Crippen LogP contribution >= 0.6 is 0 Å². The zero-order chi connectivity index (χ0) is 15.6. The molecule has 0 aromatic heterocycles. The largest absolute Gasteiger partial charge is 0.395 e. The van der Waals surface area contributed by atoms with E-state index in [1.54, 1.807) is 0 Å².